The molecule has 1 heterocycles. The summed E-state index contributed by atoms with van der Waals surface area (Å²) < 4.78 is 19.4. The van der Waals surface area contributed by atoms with Crippen LogP contribution in [-0.4, -0.2) is 49.6 Å². The lowest BCUT2D eigenvalue weighted by Gasteiger charge is -2.26. The number of anilines is 2. The van der Waals surface area contributed by atoms with Gasteiger partial charge >= 0.3 is 0 Å². The average Bonchev–Trinajstić information content (AvgIpc) is 2.76. The standard InChI is InChI=1S/C22H22Cl2FN3O3/c23-17-3-1-2-15(22(17)24)4-7-20(29)26-16-5-6-18(25)19(14-16)27-21(30)8-9-28-10-12-31-13-11-28/h1-7,14H,8-13H2,(H,26,29)(H,27,30)/b7-4+. The van der Waals surface area contributed by atoms with Gasteiger partial charge in [-0.1, -0.05) is 35.3 Å². The third-order valence-electron chi connectivity index (χ3n) is 4.66. The van der Waals surface area contributed by atoms with Gasteiger partial charge in [-0.3, -0.25) is 14.5 Å². The second-order valence-electron chi connectivity index (χ2n) is 6.91. The number of carbonyl (C=O) groups is 2. The normalized spacial score (nSPS) is 14.5. The molecule has 0 unspecified atom stereocenters. The van der Waals surface area contributed by atoms with Crippen LogP contribution in [0.2, 0.25) is 10.0 Å². The molecule has 6 nitrogen and oxygen atoms in total. The first kappa shape index (κ1) is 23.2. The Kier molecular flexibility index (Phi) is 8.43. The number of nitrogens with zero attached hydrogens (tertiary/aromatic N) is 1. The Bertz CT molecular complexity index is 978. The first-order valence-electron chi connectivity index (χ1n) is 9.75. The van der Waals surface area contributed by atoms with Gasteiger partial charge < -0.3 is 15.4 Å². The second-order valence-corrected chi connectivity index (χ2v) is 7.70. The highest BCUT2D eigenvalue weighted by Gasteiger charge is 2.14. The van der Waals surface area contributed by atoms with Crippen LogP contribution in [0.1, 0.15) is 12.0 Å². The van der Waals surface area contributed by atoms with Crippen LogP contribution in [0.15, 0.2) is 42.5 Å². The predicted octanol–water partition coefficient (Wildman–Crippen LogP) is 4.45. The molecule has 1 aliphatic heterocycles. The van der Waals surface area contributed by atoms with Crippen LogP contribution in [0.4, 0.5) is 15.8 Å². The van der Waals surface area contributed by atoms with E-state index in [1.165, 1.54) is 30.4 Å². The zero-order valence-corrected chi connectivity index (χ0v) is 18.2. The van der Waals surface area contributed by atoms with Crippen LogP contribution in [0.5, 0.6) is 0 Å². The SMILES string of the molecule is O=C(/C=C/c1cccc(Cl)c1Cl)Nc1ccc(F)c(NC(=O)CCN2CCOCC2)c1. The molecule has 0 aliphatic carbocycles. The molecular weight excluding hydrogens is 444 g/mol. The summed E-state index contributed by atoms with van der Waals surface area (Å²) in [5.74, 6) is -1.32. The number of ether oxygens (including phenoxy) is 1. The minimum atomic E-state index is -0.584. The highest BCUT2D eigenvalue weighted by Crippen LogP contribution is 2.26. The molecule has 0 saturated carbocycles. The number of morpholine rings is 1. The molecule has 1 saturated heterocycles. The maximum absolute atomic E-state index is 14.1. The van der Waals surface area contributed by atoms with Gasteiger partial charge in [0.05, 0.1) is 28.9 Å². The molecule has 9 heteroatoms. The largest absolute Gasteiger partial charge is 0.379 e. The predicted molar refractivity (Wildman–Crippen MR) is 121 cm³/mol. The van der Waals surface area contributed by atoms with E-state index in [1.54, 1.807) is 18.2 Å². The number of carbonyl (C=O) groups excluding carboxylic acids is 2. The molecule has 0 atom stereocenters. The first-order valence-corrected chi connectivity index (χ1v) is 10.5. The molecule has 2 N–H and O–H groups in total. The van der Waals surface area contributed by atoms with Crippen LogP contribution in [0.25, 0.3) is 6.08 Å². The number of benzene rings is 2. The smallest absolute Gasteiger partial charge is 0.248 e. The van der Waals surface area contributed by atoms with Crippen LogP contribution in [0.3, 0.4) is 0 Å². The molecule has 3 rings (SSSR count). The van der Waals surface area contributed by atoms with Crippen molar-refractivity contribution in [2.45, 2.75) is 6.42 Å². The van der Waals surface area contributed by atoms with E-state index in [0.717, 1.165) is 13.1 Å². The van der Waals surface area contributed by atoms with Crippen LogP contribution in [0, 0.1) is 5.82 Å². The zero-order valence-electron chi connectivity index (χ0n) is 16.7. The van der Waals surface area contributed by atoms with E-state index in [4.69, 9.17) is 27.9 Å². The van der Waals surface area contributed by atoms with E-state index >= 15 is 0 Å². The van der Waals surface area contributed by atoms with E-state index in [0.29, 0.717) is 41.1 Å². The van der Waals surface area contributed by atoms with Gasteiger partial charge in [-0.15, -0.1) is 0 Å². The molecule has 0 aromatic heterocycles. The molecule has 164 valence electrons. The van der Waals surface area contributed by atoms with Crippen LogP contribution in [-0.2, 0) is 14.3 Å². The Balaban J connectivity index is 1.57. The van der Waals surface area contributed by atoms with Gasteiger partial charge in [0.2, 0.25) is 11.8 Å². The van der Waals surface area contributed by atoms with Gasteiger partial charge in [-0.25, -0.2) is 4.39 Å². The van der Waals surface area contributed by atoms with Crippen molar-refractivity contribution in [1.82, 2.24) is 4.90 Å². The van der Waals surface area contributed by atoms with Crippen LogP contribution < -0.4 is 10.6 Å². The lowest BCUT2D eigenvalue weighted by atomic mass is 10.2. The van der Waals surface area contributed by atoms with Gasteiger partial charge in [-0.05, 0) is 35.9 Å². The lowest BCUT2D eigenvalue weighted by Crippen LogP contribution is -2.38. The Morgan fingerprint density at radius 1 is 1.13 bits per heavy atom. The third kappa shape index (κ3) is 7.04. The number of amides is 2. The molecule has 2 amide bonds. The van der Waals surface area contributed by atoms with E-state index < -0.39 is 11.7 Å². The van der Waals surface area contributed by atoms with Gasteiger partial charge in [0, 0.05) is 37.8 Å². The maximum Gasteiger partial charge on any atom is 0.248 e. The fraction of sp³-hybridized carbons (Fsp3) is 0.273. The summed E-state index contributed by atoms with van der Waals surface area (Å²) in [6.45, 7) is 3.42. The quantitative estimate of drug-likeness (QED) is 0.592. The molecule has 0 spiro atoms. The summed E-state index contributed by atoms with van der Waals surface area (Å²) in [6.07, 6.45) is 3.06. The molecule has 1 aliphatic rings. The van der Waals surface area contributed by atoms with E-state index in [2.05, 4.69) is 15.5 Å². The Hall–Kier alpha value is -2.45. The van der Waals surface area contributed by atoms with Gasteiger partial charge in [0.25, 0.3) is 0 Å². The number of rotatable bonds is 7. The highest BCUT2D eigenvalue weighted by molar-refractivity contribution is 6.42. The average molecular weight is 466 g/mol. The molecule has 0 radical (unpaired) electrons. The highest BCUT2D eigenvalue weighted by atomic mass is 35.5. The topological polar surface area (TPSA) is 70.7 Å². The second kappa shape index (κ2) is 11.2. The first-order chi connectivity index (χ1) is 14.9. The summed E-state index contributed by atoms with van der Waals surface area (Å²) >= 11 is 12.0. The summed E-state index contributed by atoms with van der Waals surface area (Å²) in [4.78, 5) is 26.5. The van der Waals surface area contributed by atoms with Crippen molar-refractivity contribution in [3.8, 4) is 0 Å². The number of nitrogens with one attached hydrogen (secondary N) is 2. The molecular formula is C22H22Cl2FN3O3. The van der Waals surface area contributed by atoms with Crippen molar-refractivity contribution in [1.29, 1.82) is 0 Å². The fourth-order valence-electron chi connectivity index (χ4n) is 2.99. The van der Waals surface area contributed by atoms with Crippen LogP contribution >= 0.6 is 23.2 Å². The summed E-state index contributed by atoms with van der Waals surface area (Å²) in [6, 6.07) is 9.07. The lowest BCUT2D eigenvalue weighted by molar-refractivity contribution is -0.116. The molecule has 2 aromatic rings. The fourth-order valence-corrected chi connectivity index (χ4v) is 3.37. The molecule has 0 bridgehead atoms. The van der Waals surface area contributed by atoms with Crippen molar-refractivity contribution in [3.05, 3.63) is 63.9 Å². The zero-order chi connectivity index (χ0) is 22.2. The summed E-state index contributed by atoms with van der Waals surface area (Å²) in [5, 5.41) is 5.92. The monoisotopic (exact) mass is 465 g/mol. The van der Waals surface area contributed by atoms with Crippen molar-refractivity contribution in [2.75, 3.05) is 43.5 Å². The molecule has 2 aromatic carbocycles. The van der Waals surface area contributed by atoms with Crippen molar-refractivity contribution >= 4 is 52.5 Å². The van der Waals surface area contributed by atoms with Gasteiger partial charge in [0.1, 0.15) is 5.82 Å². The number of halogens is 3. The Morgan fingerprint density at radius 2 is 1.90 bits per heavy atom. The molecule has 31 heavy (non-hydrogen) atoms. The Morgan fingerprint density at radius 3 is 2.68 bits per heavy atom. The maximum atomic E-state index is 14.1. The van der Waals surface area contributed by atoms with E-state index in [-0.39, 0.29) is 18.0 Å². The minimum absolute atomic E-state index is 0.00615. The van der Waals surface area contributed by atoms with Crippen molar-refractivity contribution in [3.63, 3.8) is 0 Å². The van der Waals surface area contributed by atoms with E-state index in [1.807, 2.05) is 0 Å². The summed E-state index contributed by atoms with van der Waals surface area (Å²) in [5.41, 5.74) is 0.944. The van der Waals surface area contributed by atoms with Gasteiger partial charge in [-0.2, -0.15) is 0 Å². The van der Waals surface area contributed by atoms with Crippen molar-refractivity contribution < 1.29 is 18.7 Å². The van der Waals surface area contributed by atoms with E-state index in [9.17, 15) is 14.0 Å². The number of hydrogen-bond donors (Lipinski definition) is 2. The minimum Gasteiger partial charge on any atom is -0.379 e. The number of hydrogen-bond acceptors (Lipinski definition) is 4. The van der Waals surface area contributed by atoms with Crippen molar-refractivity contribution in [2.24, 2.45) is 0 Å². The summed E-state index contributed by atoms with van der Waals surface area (Å²) in [7, 11) is 0. The third-order valence-corrected chi connectivity index (χ3v) is 5.50. The Labute approximate surface area is 190 Å². The van der Waals surface area contributed by atoms with Gasteiger partial charge in [0.15, 0.2) is 0 Å². The molecule has 1 fully saturated rings.